The third kappa shape index (κ3) is 3.67. The highest BCUT2D eigenvalue weighted by Crippen LogP contribution is 2.45. The van der Waals surface area contributed by atoms with Crippen molar-refractivity contribution in [1.29, 1.82) is 0 Å². The Labute approximate surface area is 129 Å². The Hall–Kier alpha value is -0.860. The third-order valence-corrected chi connectivity index (χ3v) is 5.31. The lowest BCUT2D eigenvalue weighted by Gasteiger charge is -2.26. The molecular weight excluding hydrogens is 258 g/mol. The molecule has 0 aromatic heterocycles. The van der Waals surface area contributed by atoms with Gasteiger partial charge in [-0.3, -0.25) is 0 Å². The van der Waals surface area contributed by atoms with Crippen LogP contribution >= 0.6 is 0 Å². The van der Waals surface area contributed by atoms with Crippen LogP contribution in [0.4, 0.5) is 0 Å². The van der Waals surface area contributed by atoms with Crippen LogP contribution in [0.1, 0.15) is 63.4 Å². The SMILES string of the molecule is CCNCC(CC1CCC2(CCCC2)O1)c1ccccc1. The van der Waals surface area contributed by atoms with Gasteiger partial charge in [0, 0.05) is 6.54 Å². The molecule has 21 heavy (non-hydrogen) atoms. The molecule has 1 spiro atoms. The second kappa shape index (κ2) is 6.93. The van der Waals surface area contributed by atoms with Crippen LogP contribution in [0.25, 0.3) is 0 Å². The monoisotopic (exact) mass is 287 g/mol. The molecule has 2 unspecified atom stereocenters. The first kappa shape index (κ1) is 15.1. The summed E-state index contributed by atoms with van der Waals surface area (Å²) in [6.07, 6.45) is 9.51. The molecule has 1 aromatic rings. The maximum Gasteiger partial charge on any atom is 0.0687 e. The Bertz CT molecular complexity index is 424. The quantitative estimate of drug-likeness (QED) is 0.844. The van der Waals surface area contributed by atoms with Gasteiger partial charge in [0.15, 0.2) is 0 Å². The van der Waals surface area contributed by atoms with Gasteiger partial charge in [0.1, 0.15) is 0 Å². The molecular formula is C19H29NO. The molecule has 116 valence electrons. The Morgan fingerprint density at radius 3 is 2.67 bits per heavy atom. The van der Waals surface area contributed by atoms with Crippen molar-refractivity contribution in [2.24, 2.45) is 0 Å². The van der Waals surface area contributed by atoms with E-state index >= 15 is 0 Å². The van der Waals surface area contributed by atoms with Gasteiger partial charge in [0.2, 0.25) is 0 Å². The number of hydrogen-bond acceptors (Lipinski definition) is 2. The van der Waals surface area contributed by atoms with E-state index in [1.807, 2.05) is 0 Å². The van der Waals surface area contributed by atoms with Gasteiger partial charge in [-0.25, -0.2) is 0 Å². The molecule has 0 bridgehead atoms. The molecule has 1 saturated heterocycles. The first-order valence-corrected chi connectivity index (χ1v) is 8.75. The van der Waals surface area contributed by atoms with Crippen LogP contribution in [0.5, 0.6) is 0 Å². The summed E-state index contributed by atoms with van der Waals surface area (Å²) < 4.78 is 6.51. The summed E-state index contributed by atoms with van der Waals surface area (Å²) >= 11 is 0. The fourth-order valence-corrected chi connectivity index (χ4v) is 4.15. The molecule has 1 N–H and O–H groups in total. The van der Waals surface area contributed by atoms with Crippen LogP contribution in [0.3, 0.4) is 0 Å². The van der Waals surface area contributed by atoms with Crippen LogP contribution in [0.2, 0.25) is 0 Å². The van der Waals surface area contributed by atoms with E-state index in [1.165, 1.54) is 50.5 Å². The van der Waals surface area contributed by atoms with Crippen LogP contribution in [0.15, 0.2) is 30.3 Å². The minimum absolute atomic E-state index is 0.268. The van der Waals surface area contributed by atoms with E-state index in [4.69, 9.17) is 4.74 Å². The van der Waals surface area contributed by atoms with E-state index in [-0.39, 0.29) is 5.60 Å². The number of ether oxygens (including phenoxy) is 1. The summed E-state index contributed by atoms with van der Waals surface area (Å²) in [5, 5.41) is 3.53. The van der Waals surface area contributed by atoms with E-state index in [0.717, 1.165) is 13.1 Å². The summed E-state index contributed by atoms with van der Waals surface area (Å²) in [6, 6.07) is 10.9. The highest BCUT2D eigenvalue weighted by Gasteiger charge is 2.42. The molecule has 2 aliphatic rings. The van der Waals surface area contributed by atoms with Crippen LogP contribution in [-0.2, 0) is 4.74 Å². The van der Waals surface area contributed by atoms with Gasteiger partial charge in [0.25, 0.3) is 0 Å². The highest BCUT2D eigenvalue weighted by molar-refractivity contribution is 5.20. The topological polar surface area (TPSA) is 21.3 Å². The molecule has 0 amide bonds. The summed E-state index contributed by atoms with van der Waals surface area (Å²) in [5.74, 6) is 0.577. The van der Waals surface area contributed by atoms with Crippen molar-refractivity contribution in [2.75, 3.05) is 13.1 Å². The second-order valence-electron chi connectivity index (χ2n) is 6.82. The third-order valence-electron chi connectivity index (χ3n) is 5.31. The van der Waals surface area contributed by atoms with Crippen LogP contribution in [-0.4, -0.2) is 24.8 Å². The van der Waals surface area contributed by atoms with Crippen LogP contribution < -0.4 is 5.32 Å². The fraction of sp³-hybridized carbons (Fsp3) is 0.684. The lowest BCUT2D eigenvalue weighted by atomic mass is 9.91. The summed E-state index contributed by atoms with van der Waals surface area (Å²) in [5.41, 5.74) is 1.72. The summed E-state index contributed by atoms with van der Waals surface area (Å²) in [7, 11) is 0. The van der Waals surface area contributed by atoms with Crippen molar-refractivity contribution >= 4 is 0 Å². The number of likely N-dealkylation sites (N-methyl/N-ethyl adjacent to an activating group) is 1. The highest BCUT2D eigenvalue weighted by atomic mass is 16.5. The average molecular weight is 287 g/mol. The molecule has 2 fully saturated rings. The van der Waals surface area contributed by atoms with Crippen molar-refractivity contribution in [3.63, 3.8) is 0 Å². The van der Waals surface area contributed by atoms with Gasteiger partial charge in [-0.15, -0.1) is 0 Å². The molecule has 1 aliphatic carbocycles. The zero-order chi connectivity index (χ0) is 14.5. The molecule has 0 radical (unpaired) electrons. The second-order valence-corrected chi connectivity index (χ2v) is 6.82. The lowest BCUT2D eigenvalue weighted by molar-refractivity contribution is -0.0410. The Balaban J connectivity index is 1.62. The number of rotatable bonds is 6. The van der Waals surface area contributed by atoms with Crippen molar-refractivity contribution in [1.82, 2.24) is 5.32 Å². The van der Waals surface area contributed by atoms with Crippen molar-refractivity contribution in [3.05, 3.63) is 35.9 Å². The Morgan fingerprint density at radius 1 is 1.19 bits per heavy atom. The molecule has 2 atom stereocenters. The van der Waals surface area contributed by atoms with Crippen molar-refractivity contribution < 1.29 is 4.74 Å². The zero-order valence-electron chi connectivity index (χ0n) is 13.3. The molecule has 1 aromatic carbocycles. The van der Waals surface area contributed by atoms with Crippen molar-refractivity contribution in [3.8, 4) is 0 Å². The minimum Gasteiger partial charge on any atom is -0.372 e. The van der Waals surface area contributed by atoms with Gasteiger partial charge in [-0.1, -0.05) is 50.1 Å². The van der Waals surface area contributed by atoms with E-state index in [9.17, 15) is 0 Å². The normalized spacial score (nSPS) is 25.5. The average Bonchev–Trinajstić information content (AvgIpc) is 3.15. The molecule has 3 rings (SSSR count). The maximum atomic E-state index is 6.51. The van der Waals surface area contributed by atoms with Crippen LogP contribution in [0, 0.1) is 0 Å². The molecule has 2 nitrogen and oxygen atoms in total. The molecule has 1 heterocycles. The minimum atomic E-state index is 0.268. The molecule has 2 heteroatoms. The largest absolute Gasteiger partial charge is 0.372 e. The summed E-state index contributed by atoms with van der Waals surface area (Å²) in [6.45, 7) is 4.29. The first-order valence-electron chi connectivity index (χ1n) is 8.75. The van der Waals surface area contributed by atoms with E-state index < -0.39 is 0 Å². The first-order chi connectivity index (χ1) is 10.3. The zero-order valence-corrected chi connectivity index (χ0v) is 13.3. The van der Waals surface area contributed by atoms with Crippen molar-refractivity contribution in [2.45, 2.75) is 69.5 Å². The number of nitrogens with one attached hydrogen (secondary N) is 1. The van der Waals surface area contributed by atoms with E-state index in [1.54, 1.807) is 0 Å². The Kier molecular flexibility index (Phi) is 4.97. The maximum absolute atomic E-state index is 6.51. The smallest absolute Gasteiger partial charge is 0.0687 e. The molecule has 1 saturated carbocycles. The van der Waals surface area contributed by atoms with Gasteiger partial charge >= 0.3 is 0 Å². The Morgan fingerprint density at radius 2 is 1.95 bits per heavy atom. The van der Waals surface area contributed by atoms with E-state index in [2.05, 4.69) is 42.6 Å². The standard InChI is InChI=1S/C19H29NO/c1-2-20-15-17(16-8-4-3-5-9-16)14-18-10-13-19(21-18)11-6-7-12-19/h3-5,8-9,17-18,20H,2,6-7,10-15H2,1H3. The lowest BCUT2D eigenvalue weighted by Crippen LogP contribution is -2.28. The fourth-order valence-electron chi connectivity index (χ4n) is 4.15. The predicted molar refractivity (Wildman–Crippen MR) is 87.6 cm³/mol. The number of hydrogen-bond donors (Lipinski definition) is 1. The van der Waals surface area contributed by atoms with Gasteiger partial charge in [0.05, 0.1) is 11.7 Å². The van der Waals surface area contributed by atoms with E-state index in [0.29, 0.717) is 12.0 Å². The van der Waals surface area contributed by atoms with Gasteiger partial charge < -0.3 is 10.1 Å². The van der Waals surface area contributed by atoms with Gasteiger partial charge in [-0.2, -0.15) is 0 Å². The summed E-state index contributed by atoms with van der Waals surface area (Å²) in [4.78, 5) is 0. The number of benzene rings is 1. The predicted octanol–water partition coefficient (Wildman–Crippen LogP) is 4.26. The van der Waals surface area contributed by atoms with Gasteiger partial charge in [-0.05, 0) is 50.1 Å². The molecule has 1 aliphatic heterocycles.